The van der Waals surface area contributed by atoms with Crippen LogP contribution in [0.25, 0.3) is 0 Å². The van der Waals surface area contributed by atoms with E-state index in [4.69, 9.17) is 4.74 Å². The van der Waals surface area contributed by atoms with Crippen molar-refractivity contribution >= 4 is 11.8 Å². The standard InChI is InChI=1S/C15H23NOS/c1-5-18-13-8-6-12(7-9-13)15(10-17-11-15)14(2,3)16-4/h6-9,16H,5,10-11H2,1-4H3. The van der Waals surface area contributed by atoms with Crippen molar-refractivity contribution in [2.24, 2.45) is 0 Å². The lowest BCUT2D eigenvalue weighted by Crippen LogP contribution is -2.65. The van der Waals surface area contributed by atoms with Crippen molar-refractivity contribution in [3.05, 3.63) is 29.8 Å². The van der Waals surface area contributed by atoms with Crippen LogP contribution in [-0.4, -0.2) is 31.6 Å². The van der Waals surface area contributed by atoms with Crippen LogP contribution in [0.5, 0.6) is 0 Å². The predicted molar refractivity (Wildman–Crippen MR) is 78.5 cm³/mol. The minimum atomic E-state index is 0.0463. The smallest absolute Gasteiger partial charge is 0.0603 e. The highest BCUT2D eigenvalue weighted by molar-refractivity contribution is 7.99. The summed E-state index contributed by atoms with van der Waals surface area (Å²) in [5.74, 6) is 1.12. The molecule has 1 aliphatic heterocycles. The largest absolute Gasteiger partial charge is 0.379 e. The molecule has 0 bridgehead atoms. The van der Waals surface area contributed by atoms with Gasteiger partial charge in [0.1, 0.15) is 0 Å². The van der Waals surface area contributed by atoms with Gasteiger partial charge in [-0.15, -0.1) is 11.8 Å². The Bertz CT molecular complexity index is 395. The van der Waals surface area contributed by atoms with Gasteiger partial charge in [0, 0.05) is 10.4 Å². The lowest BCUT2D eigenvalue weighted by Gasteiger charge is -2.52. The first-order valence-corrected chi connectivity index (χ1v) is 7.54. The summed E-state index contributed by atoms with van der Waals surface area (Å²) in [6.45, 7) is 8.31. The lowest BCUT2D eigenvalue weighted by atomic mass is 9.65. The number of likely N-dealkylation sites (N-methyl/N-ethyl adjacent to an activating group) is 1. The molecule has 1 aliphatic rings. The molecule has 1 heterocycles. The Morgan fingerprint density at radius 3 is 2.28 bits per heavy atom. The Labute approximate surface area is 114 Å². The Hall–Kier alpha value is -0.510. The van der Waals surface area contributed by atoms with Crippen LogP contribution in [0.2, 0.25) is 0 Å². The van der Waals surface area contributed by atoms with Crippen LogP contribution in [-0.2, 0) is 10.2 Å². The third-order valence-corrected chi connectivity index (χ3v) is 5.13. The molecule has 0 spiro atoms. The van der Waals surface area contributed by atoms with Crippen molar-refractivity contribution in [2.45, 2.75) is 36.6 Å². The Kier molecular flexibility index (Phi) is 4.05. The summed E-state index contributed by atoms with van der Waals surface area (Å²) in [4.78, 5) is 1.35. The van der Waals surface area contributed by atoms with Crippen LogP contribution in [0, 0.1) is 0 Å². The van der Waals surface area contributed by atoms with Crippen molar-refractivity contribution < 1.29 is 4.74 Å². The lowest BCUT2D eigenvalue weighted by molar-refractivity contribution is -0.0991. The van der Waals surface area contributed by atoms with E-state index in [1.165, 1.54) is 10.5 Å². The summed E-state index contributed by atoms with van der Waals surface area (Å²) in [5.41, 5.74) is 1.54. The van der Waals surface area contributed by atoms with Gasteiger partial charge in [-0.1, -0.05) is 19.1 Å². The van der Waals surface area contributed by atoms with Crippen molar-refractivity contribution in [2.75, 3.05) is 26.0 Å². The third-order valence-electron chi connectivity index (χ3n) is 4.24. The van der Waals surface area contributed by atoms with Gasteiger partial charge in [0.15, 0.2) is 0 Å². The summed E-state index contributed by atoms with van der Waals surface area (Å²) >= 11 is 1.89. The number of thioether (sulfide) groups is 1. The van der Waals surface area contributed by atoms with Crippen LogP contribution in [0.3, 0.4) is 0 Å². The van der Waals surface area contributed by atoms with Gasteiger partial charge in [-0.2, -0.15) is 0 Å². The van der Waals surface area contributed by atoms with E-state index in [2.05, 4.69) is 50.4 Å². The summed E-state index contributed by atoms with van der Waals surface area (Å²) in [7, 11) is 2.03. The zero-order valence-corrected chi connectivity index (χ0v) is 12.6. The Morgan fingerprint density at radius 1 is 1.28 bits per heavy atom. The molecule has 1 N–H and O–H groups in total. The fourth-order valence-electron chi connectivity index (χ4n) is 2.47. The van der Waals surface area contributed by atoms with Crippen molar-refractivity contribution in [3.8, 4) is 0 Å². The molecule has 0 aliphatic carbocycles. The van der Waals surface area contributed by atoms with Crippen molar-refractivity contribution in [3.63, 3.8) is 0 Å². The van der Waals surface area contributed by atoms with Gasteiger partial charge in [0.25, 0.3) is 0 Å². The van der Waals surface area contributed by atoms with E-state index >= 15 is 0 Å². The average Bonchev–Trinajstić information content (AvgIpc) is 2.30. The maximum absolute atomic E-state index is 5.51. The third kappa shape index (κ3) is 2.20. The van der Waals surface area contributed by atoms with Crippen molar-refractivity contribution in [1.82, 2.24) is 5.32 Å². The molecular formula is C15H23NOS. The highest BCUT2D eigenvalue weighted by atomic mass is 32.2. The molecule has 2 nitrogen and oxygen atoms in total. The van der Waals surface area contributed by atoms with E-state index in [0.717, 1.165) is 19.0 Å². The normalized spacial score (nSPS) is 18.4. The average molecular weight is 265 g/mol. The van der Waals surface area contributed by atoms with E-state index in [1.807, 2.05) is 18.8 Å². The number of benzene rings is 1. The van der Waals surface area contributed by atoms with Crippen LogP contribution >= 0.6 is 11.8 Å². The number of ether oxygens (including phenoxy) is 1. The summed E-state index contributed by atoms with van der Waals surface area (Å²) in [5, 5.41) is 3.44. The van der Waals surface area contributed by atoms with Crippen molar-refractivity contribution in [1.29, 1.82) is 0 Å². The second-order valence-corrected chi connectivity index (χ2v) is 6.74. The number of nitrogens with one attached hydrogen (secondary N) is 1. The minimum absolute atomic E-state index is 0.0463. The maximum Gasteiger partial charge on any atom is 0.0603 e. The first-order chi connectivity index (χ1) is 8.55. The zero-order valence-electron chi connectivity index (χ0n) is 11.7. The molecule has 100 valence electrons. The quantitative estimate of drug-likeness (QED) is 0.827. The second kappa shape index (κ2) is 5.24. The monoisotopic (exact) mass is 265 g/mol. The number of rotatable bonds is 5. The van der Waals surface area contributed by atoms with Gasteiger partial charge in [0.05, 0.1) is 18.6 Å². The fourth-order valence-corrected chi connectivity index (χ4v) is 3.13. The fraction of sp³-hybridized carbons (Fsp3) is 0.600. The molecule has 1 aromatic carbocycles. The van der Waals surface area contributed by atoms with Gasteiger partial charge in [-0.05, 0) is 44.3 Å². The Morgan fingerprint density at radius 2 is 1.89 bits per heavy atom. The van der Waals surface area contributed by atoms with Gasteiger partial charge in [-0.25, -0.2) is 0 Å². The SMILES string of the molecule is CCSc1ccc(C2(C(C)(C)NC)COC2)cc1. The molecule has 18 heavy (non-hydrogen) atoms. The molecule has 0 saturated carbocycles. The molecule has 2 rings (SSSR count). The first-order valence-electron chi connectivity index (χ1n) is 6.56. The topological polar surface area (TPSA) is 21.3 Å². The van der Waals surface area contributed by atoms with E-state index in [-0.39, 0.29) is 11.0 Å². The first kappa shape index (κ1) is 13.9. The molecule has 1 fully saturated rings. The number of hydrogen-bond donors (Lipinski definition) is 1. The highest BCUT2D eigenvalue weighted by Crippen LogP contribution is 2.42. The molecule has 3 heteroatoms. The number of hydrogen-bond acceptors (Lipinski definition) is 3. The second-order valence-electron chi connectivity index (χ2n) is 5.41. The molecule has 0 atom stereocenters. The summed E-state index contributed by atoms with van der Waals surface area (Å²) < 4.78 is 5.51. The highest BCUT2D eigenvalue weighted by Gasteiger charge is 2.51. The van der Waals surface area contributed by atoms with Gasteiger partial charge < -0.3 is 10.1 Å². The van der Waals surface area contributed by atoms with Crippen LogP contribution in [0.1, 0.15) is 26.3 Å². The summed E-state index contributed by atoms with van der Waals surface area (Å²) in [6, 6.07) is 8.99. The minimum Gasteiger partial charge on any atom is -0.379 e. The van der Waals surface area contributed by atoms with Crippen LogP contribution in [0.4, 0.5) is 0 Å². The van der Waals surface area contributed by atoms with Crippen LogP contribution < -0.4 is 5.32 Å². The zero-order chi connectivity index (χ0) is 13.2. The van der Waals surface area contributed by atoms with E-state index in [0.29, 0.717) is 0 Å². The van der Waals surface area contributed by atoms with E-state index in [9.17, 15) is 0 Å². The predicted octanol–water partition coefficient (Wildman–Crippen LogP) is 3.06. The molecule has 0 aromatic heterocycles. The van der Waals surface area contributed by atoms with Gasteiger partial charge in [-0.3, -0.25) is 0 Å². The van der Waals surface area contributed by atoms with E-state index in [1.54, 1.807) is 0 Å². The maximum atomic E-state index is 5.51. The molecule has 0 radical (unpaired) electrons. The molecule has 0 unspecified atom stereocenters. The van der Waals surface area contributed by atoms with Gasteiger partial charge >= 0.3 is 0 Å². The van der Waals surface area contributed by atoms with Crippen LogP contribution in [0.15, 0.2) is 29.2 Å². The molecule has 0 amide bonds. The molecule has 1 saturated heterocycles. The summed E-state index contributed by atoms with van der Waals surface area (Å²) in [6.07, 6.45) is 0. The Balaban J connectivity index is 2.28. The van der Waals surface area contributed by atoms with Gasteiger partial charge in [0.2, 0.25) is 0 Å². The van der Waals surface area contributed by atoms with E-state index < -0.39 is 0 Å². The molecule has 1 aromatic rings. The molecular weight excluding hydrogens is 242 g/mol.